The van der Waals surface area contributed by atoms with Gasteiger partial charge in [-0.05, 0) is 61.9 Å². The molecule has 0 amide bonds. The van der Waals surface area contributed by atoms with Gasteiger partial charge in [0.2, 0.25) is 0 Å². The first-order valence-electron chi connectivity index (χ1n) is 9.87. The Kier molecular flexibility index (Phi) is 4.14. The summed E-state index contributed by atoms with van der Waals surface area (Å²) in [5, 5.41) is 8.84. The Bertz CT molecular complexity index is 695. The molecule has 142 valence electrons. The van der Waals surface area contributed by atoms with E-state index in [2.05, 4.69) is 13.8 Å². The normalized spacial score (nSPS) is 44.8. The van der Waals surface area contributed by atoms with Crippen LogP contribution in [0.5, 0.6) is 0 Å². The number of ether oxygens (including phenoxy) is 1. The van der Waals surface area contributed by atoms with Crippen LogP contribution in [0.2, 0.25) is 0 Å². The van der Waals surface area contributed by atoms with Crippen LogP contribution in [0.3, 0.4) is 0 Å². The lowest BCUT2D eigenvalue weighted by molar-refractivity contribution is -0.147. The molecule has 6 atom stereocenters. The molecule has 0 radical (unpaired) electrons. The molecule has 5 nitrogen and oxygen atoms in total. The van der Waals surface area contributed by atoms with Crippen molar-refractivity contribution < 1.29 is 24.2 Å². The molecule has 1 N–H and O–H groups in total. The van der Waals surface area contributed by atoms with Crippen LogP contribution < -0.4 is 0 Å². The van der Waals surface area contributed by atoms with Crippen LogP contribution >= 0.6 is 0 Å². The summed E-state index contributed by atoms with van der Waals surface area (Å²) >= 11 is 0. The van der Waals surface area contributed by atoms with Gasteiger partial charge in [-0.25, -0.2) is 4.79 Å². The lowest BCUT2D eigenvalue weighted by Gasteiger charge is -2.56. The second kappa shape index (κ2) is 6.01. The predicted molar refractivity (Wildman–Crippen MR) is 94.5 cm³/mol. The van der Waals surface area contributed by atoms with E-state index >= 15 is 0 Å². The maximum Gasteiger partial charge on any atom is 0.329 e. The van der Waals surface area contributed by atoms with Crippen LogP contribution in [0, 0.1) is 28.6 Å². The third-order valence-corrected chi connectivity index (χ3v) is 8.05. The summed E-state index contributed by atoms with van der Waals surface area (Å²) in [4.78, 5) is 36.3. The summed E-state index contributed by atoms with van der Waals surface area (Å²) < 4.78 is 5.51. The summed E-state index contributed by atoms with van der Waals surface area (Å²) in [5.74, 6) is 0.0534. The van der Waals surface area contributed by atoms with Crippen LogP contribution in [0.4, 0.5) is 0 Å². The molecule has 4 aliphatic rings. The first-order chi connectivity index (χ1) is 12.3. The topological polar surface area (TPSA) is 80.7 Å². The SMILES string of the molecule is C[C@]12CC[C@H](OCC(=O)O)CC1=CC(=O)[C@@H]1[C@@H]2CC[C@]2(C)C(=O)CC[C@@H]12. The van der Waals surface area contributed by atoms with E-state index in [1.54, 1.807) is 0 Å². The first-order valence-corrected chi connectivity index (χ1v) is 9.87. The summed E-state index contributed by atoms with van der Waals surface area (Å²) in [6.45, 7) is 4.07. The lowest BCUT2D eigenvalue weighted by atomic mass is 9.48. The number of hydrogen-bond acceptors (Lipinski definition) is 4. The van der Waals surface area contributed by atoms with Crippen molar-refractivity contribution in [1.82, 2.24) is 0 Å². The minimum absolute atomic E-state index is 0.0192. The zero-order chi connectivity index (χ0) is 18.7. The van der Waals surface area contributed by atoms with Gasteiger partial charge in [0, 0.05) is 17.8 Å². The molecular weight excluding hydrogens is 332 g/mol. The molecule has 0 bridgehead atoms. The predicted octanol–water partition coefficient (Wildman–Crippen LogP) is 3.17. The first kappa shape index (κ1) is 17.9. The third kappa shape index (κ3) is 2.50. The highest BCUT2D eigenvalue weighted by Gasteiger charge is 2.60. The van der Waals surface area contributed by atoms with Gasteiger partial charge < -0.3 is 9.84 Å². The number of Topliss-reactive ketones (excluding diaryl/α,β-unsaturated/α-hetero) is 1. The van der Waals surface area contributed by atoms with Crippen molar-refractivity contribution in [2.45, 2.75) is 64.9 Å². The molecule has 0 aromatic carbocycles. The van der Waals surface area contributed by atoms with Gasteiger partial charge in [-0.2, -0.15) is 0 Å². The molecule has 4 rings (SSSR count). The molecule has 0 aromatic rings. The molecule has 3 fully saturated rings. The quantitative estimate of drug-likeness (QED) is 0.836. The number of carbonyl (C=O) groups excluding carboxylic acids is 2. The van der Waals surface area contributed by atoms with Gasteiger partial charge in [-0.3, -0.25) is 9.59 Å². The lowest BCUT2D eigenvalue weighted by Crippen LogP contribution is -2.53. The van der Waals surface area contributed by atoms with E-state index < -0.39 is 5.97 Å². The second-order valence-corrected chi connectivity index (χ2v) is 9.22. The Morgan fingerprint density at radius 1 is 1.15 bits per heavy atom. The largest absolute Gasteiger partial charge is 0.480 e. The minimum atomic E-state index is -0.954. The maximum absolute atomic E-state index is 13.1. The molecule has 0 spiro atoms. The number of carboxylic acid groups (broad SMARTS) is 1. The number of fused-ring (bicyclic) bond motifs is 5. The van der Waals surface area contributed by atoms with Crippen molar-refractivity contribution >= 4 is 17.5 Å². The Balaban J connectivity index is 1.61. The van der Waals surface area contributed by atoms with Crippen molar-refractivity contribution in [3.05, 3.63) is 11.6 Å². The summed E-state index contributed by atoms with van der Waals surface area (Å²) in [6.07, 6.45) is 7.43. The van der Waals surface area contributed by atoms with E-state index in [4.69, 9.17) is 9.84 Å². The van der Waals surface area contributed by atoms with E-state index in [1.807, 2.05) is 6.08 Å². The monoisotopic (exact) mass is 360 g/mol. The van der Waals surface area contributed by atoms with Crippen LogP contribution in [0.25, 0.3) is 0 Å². The number of aliphatic carboxylic acids is 1. The molecule has 5 heteroatoms. The smallest absolute Gasteiger partial charge is 0.329 e. The number of ketones is 2. The highest BCUT2D eigenvalue weighted by molar-refractivity contribution is 5.96. The fourth-order valence-corrected chi connectivity index (χ4v) is 6.47. The summed E-state index contributed by atoms with van der Waals surface area (Å²) in [5.41, 5.74) is 0.813. The van der Waals surface area contributed by atoms with Gasteiger partial charge in [0.25, 0.3) is 0 Å². The minimum Gasteiger partial charge on any atom is -0.480 e. The number of allylic oxidation sites excluding steroid dienone is 1. The van der Waals surface area contributed by atoms with Crippen LogP contribution in [0.1, 0.15) is 58.8 Å². The average molecular weight is 360 g/mol. The van der Waals surface area contributed by atoms with Crippen LogP contribution in [-0.4, -0.2) is 35.4 Å². The fourth-order valence-electron chi connectivity index (χ4n) is 6.47. The van der Waals surface area contributed by atoms with Gasteiger partial charge in [-0.1, -0.05) is 19.4 Å². The van der Waals surface area contributed by atoms with E-state index in [9.17, 15) is 14.4 Å². The molecule has 0 saturated heterocycles. The van der Waals surface area contributed by atoms with Crippen molar-refractivity contribution in [3.8, 4) is 0 Å². The van der Waals surface area contributed by atoms with E-state index in [-0.39, 0.29) is 41.2 Å². The molecular formula is C21H28O5. The Labute approximate surface area is 154 Å². The molecule has 0 heterocycles. The van der Waals surface area contributed by atoms with Gasteiger partial charge in [0.15, 0.2) is 5.78 Å². The standard InChI is InChI=1S/C21H28O5/c1-20-7-5-13(26-11-18(24)25)9-12(20)10-16(22)19-14-3-4-17(23)21(14,2)8-6-15(19)20/h10,13-15,19H,3-9,11H2,1-2H3,(H,24,25)/t13-,14-,15-,19-,20-,21-/m0/s1. The van der Waals surface area contributed by atoms with E-state index in [1.165, 1.54) is 0 Å². The van der Waals surface area contributed by atoms with Crippen LogP contribution in [-0.2, 0) is 19.1 Å². The summed E-state index contributed by atoms with van der Waals surface area (Å²) in [7, 11) is 0. The molecule has 0 unspecified atom stereocenters. The molecule has 0 aromatic heterocycles. The maximum atomic E-state index is 13.1. The molecule has 4 aliphatic carbocycles. The van der Waals surface area contributed by atoms with Crippen molar-refractivity contribution in [3.63, 3.8) is 0 Å². The van der Waals surface area contributed by atoms with Gasteiger partial charge in [-0.15, -0.1) is 0 Å². The second-order valence-electron chi connectivity index (χ2n) is 9.22. The van der Waals surface area contributed by atoms with Crippen LogP contribution in [0.15, 0.2) is 11.6 Å². The Hall–Kier alpha value is -1.49. The molecule has 26 heavy (non-hydrogen) atoms. The van der Waals surface area contributed by atoms with Crippen molar-refractivity contribution in [1.29, 1.82) is 0 Å². The van der Waals surface area contributed by atoms with E-state index in [0.29, 0.717) is 24.5 Å². The fraction of sp³-hybridized carbons (Fsp3) is 0.762. The van der Waals surface area contributed by atoms with E-state index in [0.717, 1.165) is 37.7 Å². The number of hydrogen-bond donors (Lipinski definition) is 1. The zero-order valence-corrected chi connectivity index (χ0v) is 15.6. The van der Waals surface area contributed by atoms with Gasteiger partial charge in [0.05, 0.1) is 6.10 Å². The number of carbonyl (C=O) groups is 3. The van der Waals surface area contributed by atoms with Gasteiger partial charge >= 0.3 is 5.97 Å². The molecule has 0 aliphatic heterocycles. The highest BCUT2D eigenvalue weighted by Crippen LogP contribution is 2.63. The average Bonchev–Trinajstić information content (AvgIpc) is 2.89. The number of carboxylic acids is 1. The Morgan fingerprint density at radius 2 is 1.85 bits per heavy atom. The Morgan fingerprint density at radius 3 is 2.58 bits per heavy atom. The zero-order valence-electron chi connectivity index (χ0n) is 15.6. The highest BCUT2D eigenvalue weighted by atomic mass is 16.5. The van der Waals surface area contributed by atoms with Crippen molar-refractivity contribution in [2.75, 3.05) is 6.61 Å². The number of rotatable bonds is 3. The van der Waals surface area contributed by atoms with Gasteiger partial charge in [0.1, 0.15) is 12.4 Å². The molecule has 3 saturated carbocycles. The third-order valence-electron chi connectivity index (χ3n) is 8.05. The van der Waals surface area contributed by atoms with Crippen molar-refractivity contribution in [2.24, 2.45) is 28.6 Å². The summed E-state index contributed by atoms with van der Waals surface area (Å²) in [6, 6.07) is 0.